The molecule has 1 aliphatic carbocycles. The van der Waals surface area contributed by atoms with Gasteiger partial charge in [-0.3, -0.25) is 14.4 Å². The molecule has 9 heteroatoms. The first-order valence-electron chi connectivity index (χ1n) is 11.6. The fraction of sp³-hybridized carbons (Fsp3) is 0.462. The van der Waals surface area contributed by atoms with E-state index in [1.54, 1.807) is 13.0 Å². The molecule has 35 heavy (non-hydrogen) atoms. The Morgan fingerprint density at radius 3 is 2.40 bits per heavy atom. The first kappa shape index (κ1) is 29.6. The first-order chi connectivity index (χ1) is 16.3. The van der Waals surface area contributed by atoms with Crippen LogP contribution in [0.15, 0.2) is 58.5 Å². The van der Waals surface area contributed by atoms with E-state index >= 15 is 0 Å². The molecule has 0 spiro atoms. The Bertz CT molecular complexity index is 983. The number of carbonyl (C=O) groups is 4. The smallest absolute Gasteiger partial charge is 0.402 e. The van der Waals surface area contributed by atoms with E-state index in [2.05, 4.69) is 24.1 Å². The van der Waals surface area contributed by atoms with Gasteiger partial charge >= 0.3 is 6.09 Å². The summed E-state index contributed by atoms with van der Waals surface area (Å²) in [5.74, 6) is -1.26. The van der Waals surface area contributed by atoms with Gasteiger partial charge in [0.05, 0.1) is 17.5 Å². The number of nitrogens with two attached hydrogens (primary N) is 2. The number of aliphatic hydroxyl groups is 1. The summed E-state index contributed by atoms with van der Waals surface area (Å²) in [6, 6.07) is 0. The summed E-state index contributed by atoms with van der Waals surface area (Å²) in [4.78, 5) is 46.5. The Balaban J connectivity index is 0.00000142. The Morgan fingerprint density at radius 1 is 1.14 bits per heavy atom. The van der Waals surface area contributed by atoms with Gasteiger partial charge in [0.25, 0.3) is 5.91 Å². The first-order valence-corrected chi connectivity index (χ1v) is 11.6. The van der Waals surface area contributed by atoms with Crippen molar-refractivity contribution in [2.45, 2.75) is 65.9 Å². The van der Waals surface area contributed by atoms with Crippen molar-refractivity contribution in [3.05, 3.63) is 58.5 Å². The quantitative estimate of drug-likeness (QED) is 0.258. The summed E-state index contributed by atoms with van der Waals surface area (Å²) in [5.41, 5.74) is 11.7. The lowest BCUT2D eigenvalue weighted by molar-refractivity contribution is -0.120. The Kier molecular flexibility index (Phi) is 11.9. The van der Waals surface area contributed by atoms with Crippen molar-refractivity contribution < 1.29 is 29.4 Å². The highest BCUT2D eigenvalue weighted by Crippen LogP contribution is 2.26. The predicted molar refractivity (Wildman–Crippen MR) is 134 cm³/mol. The molecule has 9 nitrogen and oxygen atoms in total. The SMILES string of the molecule is C/C1=C\C(C)C(O)CCC(C)CC2=C(N)C(=O)C=C(NC(=O)/C(C)=C/C=C\CC1)C2=O.NC(=O)O. The zero-order valence-corrected chi connectivity index (χ0v) is 20.8. The van der Waals surface area contributed by atoms with E-state index < -0.39 is 29.7 Å². The fourth-order valence-electron chi connectivity index (χ4n) is 3.73. The van der Waals surface area contributed by atoms with Crippen LogP contribution in [-0.4, -0.2) is 39.9 Å². The molecular formula is C26H37N3O6. The van der Waals surface area contributed by atoms with Gasteiger partial charge in [0, 0.05) is 23.1 Å². The average molecular weight is 488 g/mol. The molecule has 2 rings (SSSR count). The van der Waals surface area contributed by atoms with E-state index in [0.717, 1.165) is 18.9 Å². The number of hydrogen-bond acceptors (Lipinski definition) is 6. The molecule has 7 N–H and O–H groups in total. The third-order valence-electron chi connectivity index (χ3n) is 5.84. The van der Waals surface area contributed by atoms with Crippen LogP contribution in [0.4, 0.5) is 4.79 Å². The van der Waals surface area contributed by atoms with E-state index in [0.29, 0.717) is 24.8 Å². The summed E-state index contributed by atoms with van der Waals surface area (Å²) in [7, 11) is 0. The number of ketones is 2. The molecule has 0 aromatic carbocycles. The number of allylic oxidation sites excluding steroid dienone is 6. The van der Waals surface area contributed by atoms with Crippen molar-refractivity contribution in [2.24, 2.45) is 23.3 Å². The molecule has 3 unspecified atom stereocenters. The number of carbonyl (C=O) groups excluding carboxylic acids is 3. The summed E-state index contributed by atoms with van der Waals surface area (Å²) in [6.07, 6.45) is 10.1. The van der Waals surface area contributed by atoms with Gasteiger partial charge in [0.15, 0.2) is 0 Å². The number of Topliss-reactive ketones (excluding diaryl/α,β-unsaturated/α-hetero) is 1. The third-order valence-corrected chi connectivity index (χ3v) is 5.84. The number of carboxylic acid groups (broad SMARTS) is 1. The topological polar surface area (TPSA) is 173 Å². The Labute approximate surface area is 206 Å². The maximum absolute atomic E-state index is 12.9. The molecule has 2 amide bonds. The summed E-state index contributed by atoms with van der Waals surface area (Å²) in [5, 5.41) is 20.3. The van der Waals surface area contributed by atoms with E-state index in [1.165, 1.54) is 5.57 Å². The van der Waals surface area contributed by atoms with Crippen LogP contribution in [0.25, 0.3) is 0 Å². The predicted octanol–water partition coefficient (Wildman–Crippen LogP) is 3.02. The van der Waals surface area contributed by atoms with Crippen molar-refractivity contribution in [3.8, 4) is 0 Å². The molecule has 2 bridgehead atoms. The molecule has 0 aromatic rings. The highest BCUT2D eigenvalue weighted by molar-refractivity contribution is 6.23. The molecule has 1 heterocycles. The second-order valence-corrected chi connectivity index (χ2v) is 9.08. The molecule has 192 valence electrons. The summed E-state index contributed by atoms with van der Waals surface area (Å²) in [6.45, 7) is 7.68. The zero-order chi connectivity index (χ0) is 26.7. The molecule has 0 fully saturated rings. The van der Waals surface area contributed by atoms with E-state index in [4.69, 9.17) is 15.6 Å². The number of primary amides is 1. The van der Waals surface area contributed by atoms with Crippen LogP contribution in [0.5, 0.6) is 0 Å². The van der Waals surface area contributed by atoms with Gasteiger partial charge in [-0.2, -0.15) is 0 Å². The van der Waals surface area contributed by atoms with Crippen LogP contribution in [0.2, 0.25) is 0 Å². The molecular weight excluding hydrogens is 450 g/mol. The third kappa shape index (κ3) is 10.1. The number of hydrogen-bond donors (Lipinski definition) is 5. The molecule has 0 saturated carbocycles. The lowest BCUT2D eigenvalue weighted by Gasteiger charge is -2.22. The largest absolute Gasteiger partial charge is 0.465 e. The molecule has 2 aliphatic rings. The van der Waals surface area contributed by atoms with Crippen molar-refractivity contribution in [1.82, 2.24) is 5.32 Å². The molecule has 0 radical (unpaired) electrons. The number of nitrogens with one attached hydrogen (secondary N) is 1. The van der Waals surface area contributed by atoms with E-state index in [9.17, 15) is 19.5 Å². The van der Waals surface area contributed by atoms with Gasteiger partial charge in [0.1, 0.15) is 0 Å². The van der Waals surface area contributed by atoms with Gasteiger partial charge in [-0.1, -0.05) is 43.7 Å². The van der Waals surface area contributed by atoms with Crippen molar-refractivity contribution >= 4 is 23.6 Å². The van der Waals surface area contributed by atoms with Gasteiger partial charge in [0.2, 0.25) is 11.6 Å². The minimum Gasteiger partial charge on any atom is -0.465 e. The average Bonchev–Trinajstić information content (AvgIpc) is 2.77. The van der Waals surface area contributed by atoms with Crippen molar-refractivity contribution in [1.29, 1.82) is 0 Å². The molecule has 1 aliphatic heterocycles. The highest BCUT2D eigenvalue weighted by atomic mass is 16.4. The van der Waals surface area contributed by atoms with Crippen LogP contribution in [-0.2, 0) is 14.4 Å². The standard InChI is InChI=1S/C25H34N2O4.CH3NO2/c1-15-8-6-5-7-9-17(3)25(31)27-20-14-22(29)23(26)19(24(20)30)13-16(2)10-11-21(28)18(4)12-15;2-1(3)4/h5,7,9,12,14,16,18,21,28H,6,8,10-11,13,26H2,1-4H3,(H,27,31);2H2,(H,3,4)/b7-5-,15-12+,17-9+;. The van der Waals surface area contributed by atoms with Crippen LogP contribution in [0, 0.1) is 11.8 Å². The zero-order valence-electron chi connectivity index (χ0n) is 20.8. The normalized spacial score (nSPS) is 28.9. The number of fused-ring (bicyclic) bond motifs is 2. The Hall–Kier alpha value is -3.46. The van der Waals surface area contributed by atoms with E-state index in [1.807, 2.05) is 26.0 Å². The van der Waals surface area contributed by atoms with Gasteiger partial charge in [-0.05, 0) is 51.9 Å². The second-order valence-electron chi connectivity index (χ2n) is 9.08. The van der Waals surface area contributed by atoms with Crippen LogP contribution >= 0.6 is 0 Å². The Morgan fingerprint density at radius 2 is 1.77 bits per heavy atom. The minimum atomic E-state index is -1.33. The maximum atomic E-state index is 12.9. The van der Waals surface area contributed by atoms with Crippen molar-refractivity contribution in [2.75, 3.05) is 0 Å². The monoisotopic (exact) mass is 487 g/mol. The van der Waals surface area contributed by atoms with Crippen molar-refractivity contribution in [3.63, 3.8) is 0 Å². The molecule has 0 aromatic heterocycles. The number of rotatable bonds is 0. The maximum Gasteiger partial charge on any atom is 0.402 e. The lowest BCUT2D eigenvalue weighted by atomic mass is 9.86. The number of amides is 2. The summed E-state index contributed by atoms with van der Waals surface area (Å²) < 4.78 is 0. The number of aliphatic hydroxyl groups excluding tert-OH is 1. The minimum absolute atomic E-state index is 0.0268. The van der Waals surface area contributed by atoms with Crippen LogP contribution in [0.3, 0.4) is 0 Å². The van der Waals surface area contributed by atoms with Gasteiger partial charge in [-0.25, -0.2) is 4.79 Å². The lowest BCUT2D eigenvalue weighted by Crippen LogP contribution is -2.34. The van der Waals surface area contributed by atoms with E-state index in [-0.39, 0.29) is 28.8 Å². The van der Waals surface area contributed by atoms with Crippen LogP contribution < -0.4 is 16.8 Å². The second kappa shape index (κ2) is 14.1. The van der Waals surface area contributed by atoms with Gasteiger partial charge < -0.3 is 27.0 Å². The summed E-state index contributed by atoms with van der Waals surface area (Å²) >= 11 is 0. The molecule has 3 atom stereocenters. The molecule has 0 saturated heterocycles. The fourth-order valence-corrected chi connectivity index (χ4v) is 3.73. The highest BCUT2D eigenvalue weighted by Gasteiger charge is 2.29. The van der Waals surface area contributed by atoms with Crippen LogP contribution in [0.1, 0.15) is 59.8 Å². The van der Waals surface area contributed by atoms with Gasteiger partial charge in [-0.15, -0.1) is 0 Å².